The molecule has 7 nitrogen and oxygen atoms in total. The topological polar surface area (TPSA) is 84.9 Å². The van der Waals surface area contributed by atoms with E-state index < -0.39 is 16.1 Å². The molecule has 1 N–H and O–H groups in total. The summed E-state index contributed by atoms with van der Waals surface area (Å²) in [5, 5.41) is 2.80. The van der Waals surface area contributed by atoms with Gasteiger partial charge in [0.05, 0.1) is 19.1 Å². The number of nitrogens with zero attached hydrogens (tertiary/aromatic N) is 1. The number of anilines is 1. The molecule has 0 aromatic heterocycles. The number of methoxy groups -OCH3 is 2. The summed E-state index contributed by atoms with van der Waals surface area (Å²) in [6, 6.07) is 11.1. The predicted molar refractivity (Wildman–Crippen MR) is 106 cm³/mol. The Morgan fingerprint density at radius 2 is 1.82 bits per heavy atom. The Labute approximate surface area is 165 Å². The number of aryl methyl sites for hydroxylation is 1. The summed E-state index contributed by atoms with van der Waals surface area (Å²) >= 11 is 0. The van der Waals surface area contributed by atoms with Gasteiger partial charge in [0.15, 0.2) is 0 Å². The highest BCUT2D eigenvalue weighted by atomic mass is 32.2. The molecule has 2 aromatic rings. The summed E-state index contributed by atoms with van der Waals surface area (Å²) in [6.07, 6.45) is 1.09. The highest BCUT2D eigenvalue weighted by Crippen LogP contribution is 2.31. The van der Waals surface area contributed by atoms with Crippen molar-refractivity contribution in [3.05, 3.63) is 48.0 Å². The lowest BCUT2D eigenvalue weighted by Crippen LogP contribution is -2.43. The van der Waals surface area contributed by atoms with Gasteiger partial charge in [-0.15, -0.1) is 0 Å². The number of sulfonamides is 1. The standard InChI is InChI=1S/C20H24N2O5S/c1-14-9-10-17(27-3)13-19(14)28(24,25)22-11-5-8-18(22)20(23)21-15-6-4-7-16(12-15)26-2/h4,6-7,9-10,12-13,18H,5,8,11H2,1-3H3,(H,21,23). The number of hydrogen-bond donors (Lipinski definition) is 1. The first-order valence-corrected chi connectivity index (χ1v) is 10.4. The van der Waals surface area contributed by atoms with Gasteiger partial charge >= 0.3 is 0 Å². The number of nitrogens with one attached hydrogen (secondary N) is 1. The number of hydrogen-bond acceptors (Lipinski definition) is 5. The molecule has 0 radical (unpaired) electrons. The molecule has 0 saturated carbocycles. The Bertz CT molecular complexity index is 974. The average Bonchev–Trinajstić information content (AvgIpc) is 3.19. The van der Waals surface area contributed by atoms with E-state index in [1.54, 1.807) is 50.4 Å². The van der Waals surface area contributed by atoms with Crippen LogP contribution in [-0.2, 0) is 14.8 Å². The molecule has 0 spiro atoms. The van der Waals surface area contributed by atoms with E-state index in [9.17, 15) is 13.2 Å². The zero-order valence-electron chi connectivity index (χ0n) is 16.1. The molecule has 1 atom stereocenters. The minimum absolute atomic E-state index is 0.160. The van der Waals surface area contributed by atoms with Gasteiger partial charge in [-0.2, -0.15) is 4.31 Å². The van der Waals surface area contributed by atoms with Crippen LogP contribution in [0.1, 0.15) is 18.4 Å². The van der Waals surface area contributed by atoms with Gasteiger partial charge in [0, 0.05) is 24.4 Å². The molecule has 3 rings (SSSR count). The molecule has 8 heteroatoms. The molecule has 1 aliphatic heterocycles. The molecule has 0 bridgehead atoms. The molecular formula is C20H24N2O5S. The summed E-state index contributed by atoms with van der Waals surface area (Å²) in [4.78, 5) is 13.0. The van der Waals surface area contributed by atoms with E-state index in [0.717, 1.165) is 0 Å². The maximum absolute atomic E-state index is 13.3. The van der Waals surface area contributed by atoms with E-state index in [0.29, 0.717) is 42.1 Å². The van der Waals surface area contributed by atoms with Crippen molar-refractivity contribution in [2.45, 2.75) is 30.7 Å². The van der Waals surface area contributed by atoms with Crippen LogP contribution in [0.2, 0.25) is 0 Å². The normalized spacial score (nSPS) is 17.3. The van der Waals surface area contributed by atoms with Crippen molar-refractivity contribution < 1.29 is 22.7 Å². The second-order valence-corrected chi connectivity index (χ2v) is 8.49. The van der Waals surface area contributed by atoms with Crippen LogP contribution in [0.3, 0.4) is 0 Å². The van der Waals surface area contributed by atoms with Crippen molar-refractivity contribution in [2.75, 3.05) is 26.1 Å². The third kappa shape index (κ3) is 3.98. The third-order valence-electron chi connectivity index (χ3n) is 4.83. The minimum Gasteiger partial charge on any atom is -0.497 e. The number of carbonyl (C=O) groups is 1. The molecule has 1 unspecified atom stereocenters. The predicted octanol–water partition coefficient (Wildman–Crippen LogP) is 2.80. The Morgan fingerprint density at radius 1 is 1.11 bits per heavy atom. The average molecular weight is 404 g/mol. The van der Waals surface area contributed by atoms with Crippen LogP contribution >= 0.6 is 0 Å². The third-order valence-corrected chi connectivity index (χ3v) is 6.88. The van der Waals surface area contributed by atoms with E-state index in [2.05, 4.69) is 5.32 Å². The fourth-order valence-electron chi connectivity index (χ4n) is 3.33. The smallest absolute Gasteiger partial charge is 0.244 e. The molecule has 1 saturated heterocycles. The minimum atomic E-state index is -3.83. The maximum Gasteiger partial charge on any atom is 0.244 e. The highest BCUT2D eigenvalue weighted by molar-refractivity contribution is 7.89. The number of rotatable bonds is 6. The van der Waals surface area contributed by atoms with Crippen molar-refractivity contribution in [1.82, 2.24) is 4.31 Å². The van der Waals surface area contributed by atoms with Gasteiger partial charge in [0.2, 0.25) is 15.9 Å². The lowest BCUT2D eigenvalue weighted by molar-refractivity contribution is -0.119. The van der Waals surface area contributed by atoms with Crippen LogP contribution in [-0.4, -0.2) is 45.4 Å². The summed E-state index contributed by atoms with van der Waals surface area (Å²) in [6.45, 7) is 2.03. The second kappa shape index (κ2) is 8.20. The van der Waals surface area contributed by atoms with Gasteiger partial charge in [-0.1, -0.05) is 12.1 Å². The Kier molecular flexibility index (Phi) is 5.90. The van der Waals surface area contributed by atoms with E-state index in [1.807, 2.05) is 0 Å². The Hall–Kier alpha value is -2.58. The van der Waals surface area contributed by atoms with Crippen molar-refractivity contribution in [3.63, 3.8) is 0 Å². The van der Waals surface area contributed by atoms with Gasteiger partial charge in [-0.3, -0.25) is 4.79 Å². The first-order chi connectivity index (χ1) is 13.4. The summed E-state index contributed by atoms with van der Waals surface area (Å²) in [5.41, 5.74) is 1.17. The van der Waals surface area contributed by atoms with Crippen molar-refractivity contribution in [1.29, 1.82) is 0 Å². The first-order valence-electron chi connectivity index (χ1n) is 8.98. The Morgan fingerprint density at radius 3 is 2.54 bits per heavy atom. The lowest BCUT2D eigenvalue weighted by Gasteiger charge is -2.24. The van der Waals surface area contributed by atoms with Crippen LogP contribution < -0.4 is 14.8 Å². The number of ether oxygens (including phenoxy) is 2. The fourth-order valence-corrected chi connectivity index (χ4v) is 5.23. The quantitative estimate of drug-likeness (QED) is 0.800. The molecule has 1 fully saturated rings. The van der Waals surface area contributed by atoms with Crippen LogP contribution in [0.5, 0.6) is 11.5 Å². The SMILES string of the molecule is COc1cccc(NC(=O)C2CCCN2S(=O)(=O)c2cc(OC)ccc2C)c1. The van der Waals surface area contributed by atoms with Crippen LogP contribution in [0.15, 0.2) is 47.4 Å². The summed E-state index contributed by atoms with van der Waals surface area (Å²) in [5.74, 6) is 0.719. The second-order valence-electron chi connectivity index (χ2n) is 6.63. The van der Waals surface area contributed by atoms with E-state index in [4.69, 9.17) is 9.47 Å². The molecule has 0 aliphatic carbocycles. The molecule has 1 aliphatic rings. The summed E-state index contributed by atoms with van der Waals surface area (Å²) in [7, 11) is -0.802. The maximum atomic E-state index is 13.3. The number of amides is 1. The van der Waals surface area contributed by atoms with Crippen LogP contribution in [0.25, 0.3) is 0 Å². The fraction of sp³-hybridized carbons (Fsp3) is 0.350. The largest absolute Gasteiger partial charge is 0.497 e. The van der Waals surface area contributed by atoms with Crippen LogP contribution in [0.4, 0.5) is 5.69 Å². The number of carbonyl (C=O) groups excluding carboxylic acids is 1. The van der Waals surface area contributed by atoms with Gasteiger partial charge in [-0.25, -0.2) is 8.42 Å². The van der Waals surface area contributed by atoms with Crippen molar-refractivity contribution in [3.8, 4) is 11.5 Å². The molecular weight excluding hydrogens is 380 g/mol. The van der Waals surface area contributed by atoms with Gasteiger partial charge in [0.1, 0.15) is 17.5 Å². The summed E-state index contributed by atoms with van der Waals surface area (Å²) < 4.78 is 38.1. The van der Waals surface area contributed by atoms with Gasteiger partial charge < -0.3 is 14.8 Å². The highest BCUT2D eigenvalue weighted by Gasteiger charge is 2.40. The molecule has 150 valence electrons. The van der Waals surface area contributed by atoms with Gasteiger partial charge in [0.25, 0.3) is 0 Å². The number of benzene rings is 2. The Balaban J connectivity index is 1.86. The first kappa shape index (κ1) is 20.2. The molecule has 2 aromatic carbocycles. The van der Waals surface area contributed by atoms with Crippen LogP contribution in [0, 0.1) is 6.92 Å². The van der Waals surface area contributed by atoms with Gasteiger partial charge in [-0.05, 0) is 43.5 Å². The monoisotopic (exact) mass is 404 g/mol. The molecule has 1 heterocycles. The lowest BCUT2D eigenvalue weighted by atomic mass is 10.2. The zero-order valence-corrected chi connectivity index (χ0v) is 17.0. The molecule has 1 amide bonds. The van der Waals surface area contributed by atoms with Crippen molar-refractivity contribution in [2.24, 2.45) is 0 Å². The van der Waals surface area contributed by atoms with E-state index in [1.165, 1.54) is 17.5 Å². The molecule has 28 heavy (non-hydrogen) atoms. The van der Waals surface area contributed by atoms with E-state index in [-0.39, 0.29) is 10.8 Å². The van der Waals surface area contributed by atoms with Crippen molar-refractivity contribution >= 4 is 21.6 Å². The van der Waals surface area contributed by atoms with E-state index >= 15 is 0 Å². The zero-order chi connectivity index (χ0) is 20.3.